The van der Waals surface area contributed by atoms with Gasteiger partial charge in [-0.25, -0.2) is 4.99 Å². The number of para-hydroxylation sites is 1. The summed E-state index contributed by atoms with van der Waals surface area (Å²) in [5.74, 6) is -0.904. The molecule has 2 aromatic carbocycles. The topological polar surface area (TPSA) is 84.6 Å². The van der Waals surface area contributed by atoms with Crippen molar-refractivity contribution < 1.29 is 9.59 Å². The lowest BCUT2D eigenvalue weighted by Gasteiger charge is -2.04. The predicted octanol–water partition coefficient (Wildman–Crippen LogP) is 4.92. The van der Waals surface area contributed by atoms with Crippen molar-refractivity contribution in [3.8, 4) is 0 Å². The number of nitrogens with zero attached hydrogens (tertiary/aromatic N) is 1. The fraction of sp³-hybridized carbons (Fsp3) is 0.0500. The molecule has 3 N–H and O–H groups in total. The summed E-state index contributed by atoms with van der Waals surface area (Å²) in [7, 11) is 0. The zero-order chi connectivity index (χ0) is 19.4. The first-order chi connectivity index (χ1) is 13.0. The Labute approximate surface area is 169 Å². The number of carbonyl (C=O) groups is 2. The number of nitrogens with one attached hydrogen (secondary N) is 1. The summed E-state index contributed by atoms with van der Waals surface area (Å²) >= 11 is 4.55. The number of anilines is 1. The zero-order valence-corrected chi connectivity index (χ0v) is 16.8. The van der Waals surface area contributed by atoms with Crippen LogP contribution in [0.5, 0.6) is 0 Å². The molecule has 0 radical (unpaired) electrons. The maximum atomic E-state index is 12.6. The molecule has 0 atom stereocenters. The smallest absolute Gasteiger partial charge is 0.266 e. The van der Waals surface area contributed by atoms with E-state index in [1.165, 1.54) is 0 Å². The normalized spacial score (nSPS) is 10.9. The number of rotatable bonds is 5. The summed E-state index contributed by atoms with van der Waals surface area (Å²) in [5, 5.41) is 3.24. The van der Waals surface area contributed by atoms with Crippen LogP contribution < -0.4 is 11.1 Å². The van der Waals surface area contributed by atoms with E-state index in [1.54, 1.807) is 25.3 Å². The van der Waals surface area contributed by atoms with Crippen LogP contribution in [0.4, 0.5) is 10.7 Å². The Kier molecular flexibility index (Phi) is 5.83. The van der Waals surface area contributed by atoms with Gasteiger partial charge in [0.25, 0.3) is 11.8 Å². The first kappa shape index (κ1) is 19.0. The van der Waals surface area contributed by atoms with Crippen LogP contribution in [0.2, 0.25) is 0 Å². The van der Waals surface area contributed by atoms with Gasteiger partial charge in [-0.05, 0) is 42.3 Å². The summed E-state index contributed by atoms with van der Waals surface area (Å²) < 4.78 is 0.923. The molecule has 0 aliphatic carbocycles. The Balaban J connectivity index is 1.94. The number of hydrogen-bond acceptors (Lipinski definition) is 4. The number of amides is 2. The Morgan fingerprint density at radius 1 is 1.15 bits per heavy atom. The van der Waals surface area contributed by atoms with Gasteiger partial charge >= 0.3 is 0 Å². The van der Waals surface area contributed by atoms with Crippen LogP contribution in [-0.4, -0.2) is 18.0 Å². The molecule has 0 fully saturated rings. The molecular formula is C20H16BrN3O2S. The molecule has 1 aromatic heterocycles. The highest BCUT2D eigenvalue weighted by Crippen LogP contribution is 2.35. The van der Waals surface area contributed by atoms with E-state index in [9.17, 15) is 9.59 Å². The molecule has 0 saturated carbocycles. The monoisotopic (exact) mass is 441 g/mol. The van der Waals surface area contributed by atoms with Crippen molar-refractivity contribution in [1.82, 2.24) is 0 Å². The van der Waals surface area contributed by atoms with Crippen molar-refractivity contribution in [2.45, 2.75) is 6.92 Å². The van der Waals surface area contributed by atoms with Crippen LogP contribution in [0.25, 0.3) is 0 Å². The van der Waals surface area contributed by atoms with E-state index in [1.807, 2.05) is 42.5 Å². The van der Waals surface area contributed by atoms with Crippen LogP contribution in [0, 0.1) is 6.92 Å². The number of halogens is 1. The molecule has 0 spiro atoms. The molecular weight excluding hydrogens is 426 g/mol. The van der Waals surface area contributed by atoms with Gasteiger partial charge in [-0.1, -0.05) is 46.3 Å². The Hall–Kier alpha value is -2.77. The third-order valence-electron chi connectivity index (χ3n) is 3.79. The average Bonchev–Trinajstić information content (AvgIpc) is 2.97. The molecule has 5 nitrogen and oxygen atoms in total. The van der Waals surface area contributed by atoms with E-state index in [0.717, 1.165) is 21.4 Å². The molecule has 136 valence electrons. The second kappa shape index (κ2) is 8.28. The minimum absolute atomic E-state index is 0.268. The molecule has 0 unspecified atom stereocenters. The van der Waals surface area contributed by atoms with E-state index in [-0.39, 0.29) is 11.5 Å². The maximum absolute atomic E-state index is 12.6. The third kappa shape index (κ3) is 4.50. The van der Waals surface area contributed by atoms with Crippen molar-refractivity contribution in [2.24, 2.45) is 10.7 Å². The highest BCUT2D eigenvalue weighted by Gasteiger charge is 2.23. The Bertz CT molecular complexity index is 1030. The van der Waals surface area contributed by atoms with Crippen molar-refractivity contribution in [2.75, 3.05) is 5.32 Å². The predicted molar refractivity (Wildman–Crippen MR) is 113 cm³/mol. The van der Waals surface area contributed by atoms with Crippen LogP contribution >= 0.6 is 27.3 Å². The lowest BCUT2D eigenvalue weighted by Crippen LogP contribution is -2.14. The maximum Gasteiger partial charge on any atom is 0.266 e. The van der Waals surface area contributed by atoms with Crippen molar-refractivity contribution >= 4 is 56.0 Å². The lowest BCUT2D eigenvalue weighted by atomic mass is 10.1. The van der Waals surface area contributed by atoms with Crippen LogP contribution in [0.1, 0.15) is 31.2 Å². The van der Waals surface area contributed by atoms with Crippen LogP contribution in [-0.2, 0) is 0 Å². The number of nitrogens with two attached hydrogens (primary N) is 1. The second-order valence-corrected chi connectivity index (χ2v) is 7.65. The highest BCUT2D eigenvalue weighted by molar-refractivity contribution is 9.10. The third-order valence-corrected chi connectivity index (χ3v) is 5.48. The van der Waals surface area contributed by atoms with Gasteiger partial charge in [-0.2, -0.15) is 0 Å². The van der Waals surface area contributed by atoms with Gasteiger partial charge in [0.2, 0.25) is 0 Å². The van der Waals surface area contributed by atoms with Crippen molar-refractivity contribution in [3.05, 3.63) is 80.6 Å². The van der Waals surface area contributed by atoms with Gasteiger partial charge in [-0.3, -0.25) is 9.59 Å². The molecule has 7 heteroatoms. The molecule has 3 rings (SSSR count). The summed E-state index contributed by atoms with van der Waals surface area (Å²) in [6.07, 6.45) is 1.64. The fourth-order valence-electron chi connectivity index (χ4n) is 2.53. The van der Waals surface area contributed by atoms with E-state index in [0.29, 0.717) is 21.1 Å². The van der Waals surface area contributed by atoms with Gasteiger partial charge in [-0.15, -0.1) is 11.3 Å². The quantitative estimate of drug-likeness (QED) is 0.550. The molecule has 27 heavy (non-hydrogen) atoms. The average molecular weight is 442 g/mol. The molecule has 0 bridgehead atoms. The first-order valence-electron chi connectivity index (χ1n) is 8.05. The van der Waals surface area contributed by atoms with Crippen LogP contribution in [0.3, 0.4) is 0 Å². The van der Waals surface area contributed by atoms with Crippen molar-refractivity contribution in [3.63, 3.8) is 0 Å². The molecule has 1 heterocycles. The largest absolute Gasteiger partial charge is 0.365 e. The minimum atomic E-state index is -0.607. The molecule has 0 aliphatic heterocycles. The van der Waals surface area contributed by atoms with Gasteiger partial charge in [0, 0.05) is 16.4 Å². The SMILES string of the molecule is Cc1c(C(=O)Nc2ccccc2)sc(N=Cc2cccc(Br)c2)c1C(N)=O. The minimum Gasteiger partial charge on any atom is -0.365 e. The zero-order valence-electron chi connectivity index (χ0n) is 14.4. The summed E-state index contributed by atoms with van der Waals surface area (Å²) in [4.78, 5) is 29.4. The molecule has 0 saturated heterocycles. The van der Waals surface area contributed by atoms with Crippen LogP contribution in [0.15, 0.2) is 64.1 Å². The number of aliphatic imine (C=N–C) groups is 1. The Morgan fingerprint density at radius 2 is 1.89 bits per heavy atom. The number of carbonyl (C=O) groups excluding carboxylic acids is 2. The second-order valence-electron chi connectivity index (χ2n) is 5.73. The number of primary amides is 1. The molecule has 2 amide bonds. The fourth-order valence-corrected chi connectivity index (χ4v) is 4.00. The Morgan fingerprint density at radius 3 is 2.56 bits per heavy atom. The number of hydrogen-bond donors (Lipinski definition) is 2. The van der Waals surface area contributed by atoms with E-state index < -0.39 is 5.91 Å². The standard InChI is InChI=1S/C20H16BrN3O2S/c1-12-16(18(22)25)20(23-11-13-6-5-7-14(21)10-13)27-17(12)19(26)24-15-8-3-2-4-9-15/h2-11H,1H3,(H2,22,25)(H,24,26). The van der Waals surface area contributed by atoms with E-state index in [4.69, 9.17) is 5.73 Å². The first-order valence-corrected chi connectivity index (χ1v) is 9.66. The van der Waals surface area contributed by atoms with Gasteiger partial charge in [0.1, 0.15) is 5.00 Å². The number of thiophene rings is 1. The van der Waals surface area contributed by atoms with E-state index >= 15 is 0 Å². The van der Waals surface area contributed by atoms with Gasteiger partial charge < -0.3 is 11.1 Å². The molecule has 0 aliphatic rings. The van der Waals surface area contributed by atoms with Gasteiger partial charge in [0.15, 0.2) is 0 Å². The summed E-state index contributed by atoms with van der Waals surface area (Å²) in [6.45, 7) is 1.70. The molecule has 3 aromatic rings. The highest BCUT2D eigenvalue weighted by atomic mass is 79.9. The summed E-state index contributed by atoms with van der Waals surface area (Å²) in [5.41, 5.74) is 7.87. The lowest BCUT2D eigenvalue weighted by molar-refractivity contribution is 0.100. The van der Waals surface area contributed by atoms with Crippen molar-refractivity contribution in [1.29, 1.82) is 0 Å². The van der Waals surface area contributed by atoms with Gasteiger partial charge in [0.05, 0.1) is 10.4 Å². The number of benzene rings is 2. The van der Waals surface area contributed by atoms with E-state index in [2.05, 4.69) is 26.2 Å². The summed E-state index contributed by atoms with van der Waals surface area (Å²) in [6, 6.07) is 16.7.